The van der Waals surface area contributed by atoms with Crippen molar-refractivity contribution >= 4 is 23.9 Å². The van der Waals surface area contributed by atoms with E-state index in [1.165, 1.54) is 26.1 Å². The number of ether oxygens (including phenoxy) is 7. The molecule has 2 heterocycles. The molecule has 2 aromatic heterocycles. The van der Waals surface area contributed by atoms with Gasteiger partial charge < -0.3 is 38.3 Å². The van der Waals surface area contributed by atoms with Crippen molar-refractivity contribution in [1.82, 2.24) is 9.97 Å². The van der Waals surface area contributed by atoms with Crippen molar-refractivity contribution in [3.8, 4) is 23.0 Å². The summed E-state index contributed by atoms with van der Waals surface area (Å²) in [4.78, 5) is 53.4. The van der Waals surface area contributed by atoms with Gasteiger partial charge in [0.1, 0.15) is 31.0 Å². The van der Waals surface area contributed by atoms with E-state index >= 15 is 0 Å². The molecular weight excluding hydrogens is 688 g/mol. The summed E-state index contributed by atoms with van der Waals surface area (Å²) < 4.78 is 37.4. The monoisotopic (exact) mass is 740 g/mol. The zero-order chi connectivity index (χ0) is 39.4. The molecule has 3 rings (SSSR count). The molecule has 14 nitrogen and oxygen atoms in total. The van der Waals surface area contributed by atoms with Gasteiger partial charge in [0.25, 0.3) is 0 Å². The lowest BCUT2D eigenvalue weighted by Gasteiger charge is -2.19. The van der Waals surface area contributed by atoms with Crippen LogP contribution in [-0.4, -0.2) is 63.4 Å². The van der Waals surface area contributed by atoms with Crippen LogP contribution >= 0.6 is 0 Å². The fourth-order valence-electron chi connectivity index (χ4n) is 4.10. The fourth-order valence-corrected chi connectivity index (χ4v) is 4.10. The fraction of sp³-hybridized carbons (Fsp3) is 0.487. The largest absolute Gasteiger partial charge is 0.503 e. The number of rotatable bonds is 17. The van der Waals surface area contributed by atoms with Crippen LogP contribution in [-0.2, 0) is 57.9 Å². The molecule has 0 spiro atoms. The Balaban J connectivity index is 0.000000381. The number of aromatic nitrogens is 2. The van der Waals surface area contributed by atoms with Crippen LogP contribution in [0.5, 0.6) is 23.0 Å². The van der Waals surface area contributed by atoms with Crippen molar-refractivity contribution in [2.24, 2.45) is 0 Å². The first-order valence-corrected chi connectivity index (χ1v) is 17.2. The van der Waals surface area contributed by atoms with E-state index in [9.17, 15) is 24.3 Å². The van der Waals surface area contributed by atoms with Gasteiger partial charge in [-0.05, 0) is 59.9 Å². The Morgan fingerprint density at radius 2 is 1.09 bits per heavy atom. The van der Waals surface area contributed by atoms with Crippen LogP contribution < -0.4 is 14.2 Å². The van der Waals surface area contributed by atoms with Crippen LogP contribution in [0.2, 0.25) is 0 Å². The Bertz CT molecular complexity index is 1610. The second kappa shape index (κ2) is 21.8. The standard InChI is InChI=1S/C23H29NO6.C16H23NO6/c1-17(25)28-16-19-13-20(27-12-8-11-22(26)30-23(2,3)4)21(14-24-19)29-15-18-9-6-5-7-10-18;1-11(18)22-10-12-8-14(13(19)9-17-12)21-7-5-6-15(20)23-16(2,3)4/h5-7,9-10,13-14H,8,11-12,15-16H2,1-4H3;8-9,19H,5-7,10H2,1-4H3. The van der Waals surface area contributed by atoms with Crippen LogP contribution in [0.1, 0.15) is 98.0 Å². The number of esters is 4. The minimum absolute atomic E-state index is 0.00385. The number of hydrogen-bond donors (Lipinski definition) is 1. The van der Waals surface area contributed by atoms with E-state index in [0.717, 1.165) is 5.56 Å². The third kappa shape index (κ3) is 20.3. The lowest BCUT2D eigenvalue weighted by molar-refractivity contribution is -0.156. The maximum absolute atomic E-state index is 11.8. The molecule has 0 radical (unpaired) electrons. The number of benzene rings is 1. The maximum Gasteiger partial charge on any atom is 0.306 e. The Hall–Kier alpha value is -5.40. The number of aromatic hydroxyl groups is 1. The Morgan fingerprint density at radius 3 is 1.58 bits per heavy atom. The van der Waals surface area contributed by atoms with Crippen LogP contribution in [0.3, 0.4) is 0 Å². The van der Waals surface area contributed by atoms with Crippen LogP contribution in [0.4, 0.5) is 0 Å². The van der Waals surface area contributed by atoms with E-state index < -0.39 is 17.2 Å². The molecule has 1 aromatic carbocycles. The summed E-state index contributed by atoms with van der Waals surface area (Å²) in [7, 11) is 0. The highest BCUT2D eigenvalue weighted by molar-refractivity contribution is 5.70. The number of hydrogen-bond acceptors (Lipinski definition) is 14. The van der Waals surface area contributed by atoms with Gasteiger partial charge in [0.05, 0.1) is 37.0 Å². The molecule has 0 amide bonds. The van der Waals surface area contributed by atoms with E-state index in [1.54, 1.807) is 33.0 Å². The van der Waals surface area contributed by atoms with Gasteiger partial charge in [-0.25, -0.2) is 0 Å². The van der Waals surface area contributed by atoms with E-state index in [1.807, 2.05) is 51.1 Å². The third-order valence-electron chi connectivity index (χ3n) is 6.28. The van der Waals surface area contributed by atoms with E-state index in [2.05, 4.69) is 9.97 Å². The van der Waals surface area contributed by atoms with Crippen molar-refractivity contribution in [2.45, 2.75) is 112 Å². The number of pyridine rings is 2. The van der Waals surface area contributed by atoms with Crippen molar-refractivity contribution in [3.05, 3.63) is 71.8 Å². The van der Waals surface area contributed by atoms with Crippen LogP contribution in [0.15, 0.2) is 54.9 Å². The highest BCUT2D eigenvalue weighted by atomic mass is 16.6. The molecule has 0 saturated carbocycles. The predicted molar refractivity (Wildman–Crippen MR) is 193 cm³/mol. The SMILES string of the molecule is CC(=O)OCc1cc(OCCCC(=O)OC(C)(C)C)c(O)cn1.CC(=O)OCc1cc(OCCCC(=O)OC(C)(C)C)c(OCc2ccccc2)cn1. The quantitative estimate of drug-likeness (QED) is 0.0891. The van der Waals surface area contributed by atoms with Gasteiger partial charge in [-0.3, -0.25) is 29.1 Å². The van der Waals surface area contributed by atoms with Crippen LogP contribution in [0.25, 0.3) is 0 Å². The Kier molecular flexibility index (Phi) is 18.0. The zero-order valence-electron chi connectivity index (χ0n) is 31.9. The molecule has 0 fully saturated rings. The summed E-state index contributed by atoms with van der Waals surface area (Å²) in [5.41, 5.74) is 0.997. The first-order chi connectivity index (χ1) is 24.9. The first kappa shape index (κ1) is 43.8. The minimum atomic E-state index is -0.507. The lowest BCUT2D eigenvalue weighted by atomic mass is 10.2. The van der Waals surface area contributed by atoms with Crippen molar-refractivity contribution in [1.29, 1.82) is 0 Å². The third-order valence-corrected chi connectivity index (χ3v) is 6.28. The minimum Gasteiger partial charge on any atom is -0.503 e. The van der Waals surface area contributed by atoms with E-state index in [0.29, 0.717) is 48.9 Å². The number of carbonyl (C=O) groups excluding carboxylic acids is 4. The Labute approximate surface area is 311 Å². The normalized spacial score (nSPS) is 10.9. The summed E-state index contributed by atoms with van der Waals surface area (Å²) in [6, 6.07) is 12.9. The maximum atomic E-state index is 11.8. The second-order valence-electron chi connectivity index (χ2n) is 13.7. The molecule has 0 aliphatic rings. The molecule has 1 N–H and O–H groups in total. The number of carbonyl (C=O) groups is 4. The van der Waals surface area contributed by atoms with Gasteiger partial charge in [-0.1, -0.05) is 30.3 Å². The molecular formula is C39H52N2O12. The smallest absolute Gasteiger partial charge is 0.306 e. The summed E-state index contributed by atoms with van der Waals surface area (Å²) in [5, 5.41) is 9.69. The molecule has 53 heavy (non-hydrogen) atoms. The molecule has 0 saturated heterocycles. The highest BCUT2D eigenvalue weighted by Gasteiger charge is 2.17. The average molecular weight is 741 g/mol. The zero-order valence-corrected chi connectivity index (χ0v) is 31.9. The van der Waals surface area contributed by atoms with Gasteiger partial charge in [-0.2, -0.15) is 0 Å². The molecule has 0 aliphatic carbocycles. The van der Waals surface area contributed by atoms with Crippen molar-refractivity contribution in [3.63, 3.8) is 0 Å². The van der Waals surface area contributed by atoms with E-state index in [4.69, 9.17) is 33.2 Å². The summed E-state index contributed by atoms with van der Waals surface area (Å²) in [6.07, 6.45) is 4.20. The van der Waals surface area contributed by atoms with E-state index in [-0.39, 0.29) is 62.1 Å². The molecule has 3 aromatic rings. The highest BCUT2D eigenvalue weighted by Crippen LogP contribution is 2.29. The summed E-state index contributed by atoms with van der Waals surface area (Å²) in [6.45, 7) is 14.5. The molecule has 0 bridgehead atoms. The first-order valence-electron chi connectivity index (χ1n) is 17.2. The van der Waals surface area contributed by atoms with Gasteiger partial charge in [0, 0.05) is 38.8 Å². The number of nitrogens with zero attached hydrogens (tertiary/aromatic N) is 2. The van der Waals surface area contributed by atoms with Crippen molar-refractivity contribution < 1.29 is 57.4 Å². The van der Waals surface area contributed by atoms with Crippen molar-refractivity contribution in [2.75, 3.05) is 13.2 Å². The van der Waals surface area contributed by atoms with Gasteiger partial charge in [0.15, 0.2) is 23.0 Å². The molecule has 0 unspecified atom stereocenters. The van der Waals surface area contributed by atoms with Crippen LogP contribution in [0, 0.1) is 0 Å². The average Bonchev–Trinajstić information content (AvgIpc) is 3.06. The van der Waals surface area contributed by atoms with Gasteiger partial charge in [-0.15, -0.1) is 0 Å². The molecule has 0 aliphatic heterocycles. The second-order valence-corrected chi connectivity index (χ2v) is 13.7. The summed E-state index contributed by atoms with van der Waals surface area (Å²) in [5.74, 6) is -0.302. The molecule has 14 heteroatoms. The summed E-state index contributed by atoms with van der Waals surface area (Å²) >= 11 is 0. The van der Waals surface area contributed by atoms with Gasteiger partial charge >= 0.3 is 23.9 Å². The topological polar surface area (TPSA) is 179 Å². The predicted octanol–water partition coefficient (Wildman–Crippen LogP) is 6.58. The molecule has 0 atom stereocenters. The van der Waals surface area contributed by atoms with Gasteiger partial charge in [0.2, 0.25) is 0 Å². The molecule has 290 valence electrons. The lowest BCUT2D eigenvalue weighted by Crippen LogP contribution is -2.24. The Morgan fingerprint density at radius 1 is 0.623 bits per heavy atom.